The topological polar surface area (TPSA) is 42.5 Å². The number of para-hydroxylation sites is 2. The van der Waals surface area contributed by atoms with Gasteiger partial charge in [-0.2, -0.15) is 0 Å². The van der Waals surface area contributed by atoms with Gasteiger partial charge in [-0.3, -0.25) is 0 Å². The summed E-state index contributed by atoms with van der Waals surface area (Å²) in [5, 5.41) is 7.47. The Bertz CT molecular complexity index is 487. The summed E-state index contributed by atoms with van der Waals surface area (Å²) in [6.07, 6.45) is 5.76. The summed E-state index contributed by atoms with van der Waals surface area (Å²) < 4.78 is 10.9. The monoisotopic (exact) mass is 322 g/mol. The molecule has 0 spiro atoms. The highest BCUT2D eigenvalue weighted by atomic mass is 32.1. The van der Waals surface area contributed by atoms with Crippen LogP contribution in [0.5, 0.6) is 5.75 Å². The van der Waals surface area contributed by atoms with Crippen LogP contribution in [0, 0.1) is 0 Å². The molecule has 0 heterocycles. The summed E-state index contributed by atoms with van der Waals surface area (Å²) in [4.78, 5) is 0. The third kappa shape index (κ3) is 4.58. The Morgan fingerprint density at radius 3 is 2.68 bits per heavy atom. The number of anilines is 1. The zero-order valence-corrected chi connectivity index (χ0v) is 14.3. The van der Waals surface area contributed by atoms with Crippen LogP contribution in [0.3, 0.4) is 0 Å². The van der Waals surface area contributed by atoms with Crippen LogP contribution < -0.4 is 15.4 Å². The molecule has 0 saturated heterocycles. The van der Waals surface area contributed by atoms with E-state index in [9.17, 15) is 0 Å². The minimum atomic E-state index is 0.0701. The molecule has 5 heteroatoms. The third-order valence-electron chi connectivity index (χ3n) is 4.16. The Morgan fingerprint density at radius 2 is 2.00 bits per heavy atom. The van der Waals surface area contributed by atoms with Crippen molar-refractivity contribution in [3.8, 4) is 5.75 Å². The first-order chi connectivity index (χ1) is 10.7. The second kappa shape index (κ2) is 8.34. The summed E-state index contributed by atoms with van der Waals surface area (Å²) in [5.74, 6) is 0.825. The molecule has 0 aromatic heterocycles. The molecular formula is C17H26N2O2S. The molecule has 1 saturated carbocycles. The summed E-state index contributed by atoms with van der Waals surface area (Å²) in [6.45, 7) is 3.37. The van der Waals surface area contributed by atoms with Gasteiger partial charge in [0.15, 0.2) is 5.11 Å². The number of methoxy groups -OCH3 is 1. The third-order valence-corrected chi connectivity index (χ3v) is 4.36. The van der Waals surface area contributed by atoms with Gasteiger partial charge in [0.25, 0.3) is 0 Å². The molecule has 4 nitrogen and oxygen atoms in total. The summed E-state index contributed by atoms with van der Waals surface area (Å²) in [5.41, 5.74) is 0.974. The number of hydrogen-bond acceptors (Lipinski definition) is 3. The summed E-state index contributed by atoms with van der Waals surface area (Å²) in [7, 11) is 1.75. The van der Waals surface area contributed by atoms with E-state index in [0.29, 0.717) is 11.7 Å². The zero-order valence-electron chi connectivity index (χ0n) is 13.5. The molecule has 0 aliphatic heterocycles. The van der Waals surface area contributed by atoms with E-state index in [-0.39, 0.29) is 5.54 Å². The number of hydrogen-bond donors (Lipinski definition) is 2. The molecule has 1 aromatic carbocycles. The lowest BCUT2D eigenvalue weighted by Gasteiger charge is -2.32. The van der Waals surface area contributed by atoms with Gasteiger partial charge in [0.05, 0.1) is 12.3 Å². The highest BCUT2D eigenvalue weighted by Crippen LogP contribution is 2.33. The van der Waals surface area contributed by atoms with Gasteiger partial charge in [-0.1, -0.05) is 25.0 Å². The average Bonchev–Trinajstić information content (AvgIpc) is 2.96. The molecule has 1 aliphatic rings. The SMILES string of the molecule is CCOc1ccccc1NC(=S)NC1(CCOC)CCCC1. The maximum Gasteiger partial charge on any atom is 0.171 e. The van der Waals surface area contributed by atoms with Crippen molar-refractivity contribution in [1.29, 1.82) is 0 Å². The van der Waals surface area contributed by atoms with Gasteiger partial charge < -0.3 is 20.1 Å². The first kappa shape index (κ1) is 17.0. The van der Waals surface area contributed by atoms with Gasteiger partial charge in [-0.25, -0.2) is 0 Å². The molecule has 0 unspecified atom stereocenters. The van der Waals surface area contributed by atoms with Gasteiger partial charge in [-0.05, 0) is 50.5 Å². The average molecular weight is 322 g/mol. The van der Waals surface area contributed by atoms with Crippen LogP contribution in [0.2, 0.25) is 0 Å². The molecule has 2 rings (SSSR count). The predicted octanol–water partition coefficient (Wildman–Crippen LogP) is 3.72. The highest BCUT2D eigenvalue weighted by molar-refractivity contribution is 7.80. The Hall–Kier alpha value is -1.33. The van der Waals surface area contributed by atoms with Crippen molar-refractivity contribution in [2.75, 3.05) is 25.6 Å². The van der Waals surface area contributed by atoms with Crippen molar-refractivity contribution >= 4 is 23.0 Å². The molecule has 0 atom stereocenters. The molecule has 0 radical (unpaired) electrons. The number of rotatable bonds is 7. The maximum absolute atomic E-state index is 5.63. The fourth-order valence-electron chi connectivity index (χ4n) is 3.03. The molecule has 1 aromatic rings. The largest absolute Gasteiger partial charge is 0.492 e. The molecular weight excluding hydrogens is 296 g/mol. The van der Waals surface area contributed by atoms with Gasteiger partial charge in [0.2, 0.25) is 0 Å². The van der Waals surface area contributed by atoms with Crippen molar-refractivity contribution in [3.05, 3.63) is 24.3 Å². The van der Waals surface area contributed by atoms with Crippen LogP contribution in [0.15, 0.2) is 24.3 Å². The van der Waals surface area contributed by atoms with Crippen molar-refractivity contribution in [2.24, 2.45) is 0 Å². The Kier molecular flexibility index (Phi) is 6.46. The van der Waals surface area contributed by atoms with Crippen LogP contribution in [0.25, 0.3) is 0 Å². The fraction of sp³-hybridized carbons (Fsp3) is 0.588. The Balaban J connectivity index is 1.99. The fourth-order valence-corrected chi connectivity index (χ4v) is 3.36. The lowest BCUT2D eigenvalue weighted by atomic mass is 9.94. The molecule has 1 aliphatic carbocycles. The first-order valence-corrected chi connectivity index (χ1v) is 8.40. The second-order valence-corrected chi connectivity index (χ2v) is 6.15. The molecule has 0 bridgehead atoms. The minimum absolute atomic E-state index is 0.0701. The molecule has 1 fully saturated rings. The van der Waals surface area contributed by atoms with Crippen molar-refractivity contribution < 1.29 is 9.47 Å². The van der Waals surface area contributed by atoms with Crippen molar-refractivity contribution in [1.82, 2.24) is 5.32 Å². The first-order valence-electron chi connectivity index (χ1n) is 7.99. The number of nitrogens with one attached hydrogen (secondary N) is 2. The predicted molar refractivity (Wildman–Crippen MR) is 94.7 cm³/mol. The standard InChI is InChI=1S/C17H26N2O2S/c1-3-21-15-9-5-4-8-14(15)18-16(22)19-17(12-13-20-2)10-6-7-11-17/h4-5,8-9H,3,6-7,10-13H2,1-2H3,(H2,18,19,22). The van der Waals surface area contributed by atoms with Gasteiger partial charge in [0.1, 0.15) is 5.75 Å². The van der Waals surface area contributed by atoms with Gasteiger partial charge in [0, 0.05) is 19.3 Å². The summed E-state index contributed by atoms with van der Waals surface area (Å²) in [6, 6.07) is 7.87. The van der Waals surface area contributed by atoms with E-state index in [2.05, 4.69) is 10.6 Å². The van der Waals surface area contributed by atoms with E-state index in [1.54, 1.807) is 7.11 Å². The maximum atomic E-state index is 5.63. The van der Waals surface area contributed by atoms with Crippen LogP contribution in [0.4, 0.5) is 5.69 Å². The van der Waals surface area contributed by atoms with E-state index in [0.717, 1.165) is 37.3 Å². The molecule has 122 valence electrons. The van der Waals surface area contributed by atoms with Crippen LogP contribution in [-0.2, 0) is 4.74 Å². The van der Waals surface area contributed by atoms with Crippen molar-refractivity contribution in [3.63, 3.8) is 0 Å². The number of thiocarbonyl (C=S) groups is 1. The molecule has 22 heavy (non-hydrogen) atoms. The van der Waals surface area contributed by atoms with E-state index in [1.165, 1.54) is 12.8 Å². The van der Waals surface area contributed by atoms with Crippen LogP contribution in [-0.4, -0.2) is 31.0 Å². The lowest BCUT2D eigenvalue weighted by molar-refractivity contribution is 0.163. The minimum Gasteiger partial charge on any atom is -0.492 e. The highest BCUT2D eigenvalue weighted by Gasteiger charge is 2.34. The van der Waals surface area contributed by atoms with E-state index in [4.69, 9.17) is 21.7 Å². The van der Waals surface area contributed by atoms with E-state index < -0.39 is 0 Å². The van der Waals surface area contributed by atoms with E-state index >= 15 is 0 Å². The molecule has 0 amide bonds. The zero-order chi connectivity index (χ0) is 15.8. The van der Waals surface area contributed by atoms with Gasteiger partial charge >= 0.3 is 0 Å². The van der Waals surface area contributed by atoms with E-state index in [1.807, 2.05) is 31.2 Å². The van der Waals surface area contributed by atoms with Crippen LogP contribution >= 0.6 is 12.2 Å². The summed E-state index contributed by atoms with van der Waals surface area (Å²) >= 11 is 5.52. The Morgan fingerprint density at radius 1 is 1.27 bits per heavy atom. The smallest absolute Gasteiger partial charge is 0.171 e. The molecule has 2 N–H and O–H groups in total. The number of ether oxygens (including phenoxy) is 2. The van der Waals surface area contributed by atoms with Crippen molar-refractivity contribution in [2.45, 2.75) is 44.6 Å². The lowest BCUT2D eigenvalue weighted by Crippen LogP contribution is -2.48. The van der Waals surface area contributed by atoms with Gasteiger partial charge in [-0.15, -0.1) is 0 Å². The number of benzene rings is 1. The normalized spacial score (nSPS) is 16.3. The van der Waals surface area contributed by atoms with Crippen LogP contribution in [0.1, 0.15) is 39.0 Å². The second-order valence-electron chi connectivity index (χ2n) is 5.74. The Labute approximate surface area is 138 Å². The quantitative estimate of drug-likeness (QED) is 0.749.